The van der Waals surface area contributed by atoms with E-state index in [1.54, 1.807) is 7.11 Å². The second-order valence-electron chi connectivity index (χ2n) is 4.53. The van der Waals surface area contributed by atoms with Crippen molar-refractivity contribution in [3.63, 3.8) is 0 Å². The van der Waals surface area contributed by atoms with Crippen LogP contribution in [0.25, 0.3) is 10.9 Å². The quantitative estimate of drug-likeness (QED) is 0.772. The van der Waals surface area contributed by atoms with Gasteiger partial charge in [-0.3, -0.25) is 4.90 Å². The van der Waals surface area contributed by atoms with Crippen LogP contribution >= 0.6 is 0 Å². The third-order valence-corrected chi connectivity index (χ3v) is 3.07. The number of benzene rings is 1. The molecule has 108 valence electrons. The number of rotatable bonds is 7. The highest BCUT2D eigenvalue weighted by atomic mass is 16.5. The maximum atomic E-state index is 9.09. The van der Waals surface area contributed by atoms with Crippen LogP contribution in [0, 0.1) is 0 Å². The maximum Gasteiger partial charge on any atom is 0.145 e. The van der Waals surface area contributed by atoms with E-state index in [2.05, 4.69) is 9.97 Å². The van der Waals surface area contributed by atoms with Crippen molar-refractivity contribution in [2.45, 2.75) is 6.54 Å². The maximum absolute atomic E-state index is 9.09. The highest BCUT2D eigenvalue weighted by molar-refractivity contribution is 5.87. The van der Waals surface area contributed by atoms with Gasteiger partial charge in [0.05, 0.1) is 25.3 Å². The van der Waals surface area contributed by atoms with Gasteiger partial charge in [0.1, 0.15) is 11.6 Å². The summed E-state index contributed by atoms with van der Waals surface area (Å²) in [5, 5.41) is 9.96. The van der Waals surface area contributed by atoms with E-state index in [4.69, 9.17) is 15.6 Å². The van der Waals surface area contributed by atoms with Gasteiger partial charge in [-0.25, -0.2) is 9.97 Å². The summed E-state index contributed by atoms with van der Waals surface area (Å²) in [6.45, 7) is 2.50. The van der Waals surface area contributed by atoms with E-state index in [1.807, 2.05) is 29.2 Å². The summed E-state index contributed by atoms with van der Waals surface area (Å²) in [6, 6.07) is 7.67. The molecule has 6 heteroatoms. The largest absolute Gasteiger partial charge is 0.395 e. The Kier molecular flexibility index (Phi) is 5.23. The Labute approximate surface area is 118 Å². The van der Waals surface area contributed by atoms with E-state index < -0.39 is 0 Å². The van der Waals surface area contributed by atoms with Crippen molar-refractivity contribution < 1.29 is 9.84 Å². The number of aliphatic hydroxyl groups excluding tert-OH is 1. The second kappa shape index (κ2) is 7.14. The Morgan fingerprint density at radius 3 is 2.80 bits per heavy atom. The molecule has 0 radical (unpaired) electrons. The van der Waals surface area contributed by atoms with Gasteiger partial charge in [-0.1, -0.05) is 12.1 Å². The fourth-order valence-corrected chi connectivity index (χ4v) is 2.05. The molecule has 6 nitrogen and oxygen atoms in total. The minimum atomic E-state index is 0.0901. The van der Waals surface area contributed by atoms with E-state index in [1.165, 1.54) is 0 Å². The molecular formula is C14H20N4O2. The zero-order valence-corrected chi connectivity index (χ0v) is 11.6. The zero-order valence-electron chi connectivity index (χ0n) is 11.6. The predicted octanol–water partition coefficient (Wildman–Crippen LogP) is 0.653. The molecule has 0 spiro atoms. The lowest BCUT2D eigenvalue weighted by molar-refractivity contribution is 0.125. The van der Waals surface area contributed by atoms with Crippen molar-refractivity contribution in [3.05, 3.63) is 30.1 Å². The van der Waals surface area contributed by atoms with Gasteiger partial charge in [0.25, 0.3) is 0 Å². The Morgan fingerprint density at radius 1 is 1.25 bits per heavy atom. The summed E-state index contributed by atoms with van der Waals surface area (Å²) in [6.07, 6.45) is 0. The summed E-state index contributed by atoms with van der Waals surface area (Å²) in [5.41, 5.74) is 6.80. The summed E-state index contributed by atoms with van der Waals surface area (Å²) in [7, 11) is 1.65. The third-order valence-electron chi connectivity index (χ3n) is 3.07. The molecule has 0 bridgehead atoms. The van der Waals surface area contributed by atoms with Crippen LogP contribution in [0.4, 0.5) is 5.82 Å². The van der Waals surface area contributed by atoms with Gasteiger partial charge in [-0.2, -0.15) is 0 Å². The van der Waals surface area contributed by atoms with Gasteiger partial charge < -0.3 is 15.6 Å². The standard InChI is InChI=1S/C14H20N4O2/c1-20-9-7-18(6-8-19)10-13-16-12-5-3-2-4-11(12)14(15)17-13/h2-5,19H,6-10H2,1H3,(H2,15,16,17). The van der Waals surface area contributed by atoms with E-state index in [0.717, 1.165) is 10.9 Å². The third kappa shape index (κ3) is 3.63. The van der Waals surface area contributed by atoms with Crippen LogP contribution in [-0.2, 0) is 11.3 Å². The molecule has 0 fully saturated rings. The van der Waals surface area contributed by atoms with Crippen LogP contribution in [0.15, 0.2) is 24.3 Å². The normalized spacial score (nSPS) is 11.3. The molecule has 0 aliphatic heterocycles. The molecule has 0 aliphatic rings. The summed E-state index contributed by atoms with van der Waals surface area (Å²) in [5.74, 6) is 1.15. The number of aliphatic hydroxyl groups is 1. The number of hydrogen-bond donors (Lipinski definition) is 2. The number of nitrogen functional groups attached to an aromatic ring is 1. The molecule has 0 saturated carbocycles. The summed E-state index contributed by atoms with van der Waals surface area (Å²) in [4.78, 5) is 10.9. The Morgan fingerprint density at radius 2 is 2.05 bits per heavy atom. The number of ether oxygens (including phenoxy) is 1. The van der Waals surface area contributed by atoms with Crippen LogP contribution in [-0.4, -0.2) is 53.4 Å². The van der Waals surface area contributed by atoms with E-state index in [0.29, 0.717) is 37.9 Å². The number of aromatic nitrogens is 2. The highest BCUT2D eigenvalue weighted by Gasteiger charge is 2.10. The average Bonchev–Trinajstić information content (AvgIpc) is 2.45. The zero-order chi connectivity index (χ0) is 14.4. The lowest BCUT2D eigenvalue weighted by Crippen LogP contribution is -2.30. The van der Waals surface area contributed by atoms with Gasteiger partial charge in [-0.15, -0.1) is 0 Å². The Bertz CT molecular complexity index is 562. The summed E-state index contributed by atoms with van der Waals surface area (Å²) < 4.78 is 5.06. The first kappa shape index (κ1) is 14.6. The van der Waals surface area contributed by atoms with Crippen molar-refractivity contribution in [2.24, 2.45) is 0 Å². The molecule has 0 saturated heterocycles. The molecule has 20 heavy (non-hydrogen) atoms. The topological polar surface area (TPSA) is 84.5 Å². The van der Waals surface area contributed by atoms with Crippen LogP contribution in [0.3, 0.4) is 0 Å². The molecule has 0 amide bonds. The van der Waals surface area contributed by atoms with E-state index in [-0.39, 0.29) is 6.61 Å². The van der Waals surface area contributed by atoms with Crippen LogP contribution < -0.4 is 5.73 Å². The van der Waals surface area contributed by atoms with Crippen LogP contribution in [0.1, 0.15) is 5.82 Å². The molecule has 2 rings (SSSR count). The predicted molar refractivity (Wildman–Crippen MR) is 78.2 cm³/mol. The fraction of sp³-hybridized carbons (Fsp3) is 0.429. The monoisotopic (exact) mass is 276 g/mol. The van der Waals surface area contributed by atoms with Crippen molar-refractivity contribution >= 4 is 16.7 Å². The molecule has 1 heterocycles. The number of nitrogens with zero attached hydrogens (tertiary/aromatic N) is 3. The number of nitrogens with two attached hydrogens (primary N) is 1. The number of hydrogen-bond acceptors (Lipinski definition) is 6. The van der Waals surface area contributed by atoms with E-state index in [9.17, 15) is 0 Å². The average molecular weight is 276 g/mol. The second-order valence-corrected chi connectivity index (χ2v) is 4.53. The van der Waals surface area contributed by atoms with Crippen LogP contribution in [0.5, 0.6) is 0 Å². The van der Waals surface area contributed by atoms with Crippen molar-refractivity contribution in [3.8, 4) is 0 Å². The van der Waals surface area contributed by atoms with Crippen LogP contribution in [0.2, 0.25) is 0 Å². The molecular weight excluding hydrogens is 256 g/mol. The first-order valence-electron chi connectivity index (χ1n) is 6.58. The van der Waals surface area contributed by atoms with Crippen molar-refractivity contribution in [2.75, 3.05) is 39.1 Å². The van der Waals surface area contributed by atoms with E-state index >= 15 is 0 Å². The summed E-state index contributed by atoms with van der Waals surface area (Å²) >= 11 is 0. The number of para-hydroxylation sites is 1. The highest BCUT2D eigenvalue weighted by Crippen LogP contribution is 2.17. The molecule has 1 aromatic carbocycles. The first-order chi connectivity index (χ1) is 9.74. The SMILES string of the molecule is COCCN(CCO)Cc1nc(N)c2ccccc2n1. The fourth-order valence-electron chi connectivity index (χ4n) is 2.05. The number of fused-ring (bicyclic) bond motifs is 1. The lowest BCUT2D eigenvalue weighted by Gasteiger charge is -2.20. The first-order valence-corrected chi connectivity index (χ1v) is 6.58. The number of anilines is 1. The molecule has 3 N–H and O–H groups in total. The van der Waals surface area contributed by atoms with Gasteiger partial charge in [0.15, 0.2) is 0 Å². The molecule has 0 aliphatic carbocycles. The lowest BCUT2D eigenvalue weighted by atomic mass is 10.2. The molecule has 2 aromatic rings. The van der Waals surface area contributed by atoms with Gasteiger partial charge >= 0.3 is 0 Å². The van der Waals surface area contributed by atoms with Crippen molar-refractivity contribution in [1.29, 1.82) is 0 Å². The van der Waals surface area contributed by atoms with Crippen molar-refractivity contribution in [1.82, 2.24) is 14.9 Å². The molecule has 1 aromatic heterocycles. The minimum absolute atomic E-state index is 0.0901. The smallest absolute Gasteiger partial charge is 0.145 e. The Hall–Kier alpha value is -1.76. The molecule has 0 atom stereocenters. The number of methoxy groups -OCH3 is 1. The van der Waals surface area contributed by atoms with Gasteiger partial charge in [0.2, 0.25) is 0 Å². The Balaban J connectivity index is 2.18. The van der Waals surface area contributed by atoms with Gasteiger partial charge in [-0.05, 0) is 12.1 Å². The van der Waals surface area contributed by atoms with Gasteiger partial charge in [0, 0.05) is 25.6 Å². The molecule has 0 unspecified atom stereocenters. The minimum Gasteiger partial charge on any atom is -0.395 e.